The van der Waals surface area contributed by atoms with Crippen molar-refractivity contribution in [2.24, 2.45) is 0 Å². The van der Waals surface area contributed by atoms with Gasteiger partial charge in [-0.25, -0.2) is 9.78 Å². The Morgan fingerprint density at radius 3 is 2.83 bits per heavy atom. The third kappa shape index (κ3) is 3.92. The van der Waals surface area contributed by atoms with Gasteiger partial charge >= 0.3 is 11.7 Å². The predicted molar refractivity (Wildman–Crippen MR) is 86.5 cm³/mol. The molecule has 0 bridgehead atoms. The number of phenolic OH excluding ortho intramolecular Hbond substituents is 1. The van der Waals surface area contributed by atoms with E-state index in [0.717, 1.165) is 0 Å². The molecule has 2 rings (SSSR count). The van der Waals surface area contributed by atoms with Crippen molar-refractivity contribution in [1.82, 2.24) is 4.98 Å². The zero-order valence-corrected chi connectivity index (χ0v) is 13.3. The van der Waals surface area contributed by atoms with Gasteiger partial charge in [-0.3, -0.25) is 10.1 Å². The van der Waals surface area contributed by atoms with Gasteiger partial charge in [-0.2, -0.15) is 0 Å². The zero-order valence-electron chi connectivity index (χ0n) is 12.5. The maximum Gasteiger partial charge on any atom is 0.350 e. The Labute approximate surface area is 136 Å². The van der Waals surface area contributed by atoms with Crippen LogP contribution >= 0.6 is 11.3 Å². The molecule has 0 aliphatic rings. The number of esters is 1. The van der Waals surface area contributed by atoms with E-state index < -0.39 is 16.6 Å². The predicted octanol–water partition coefficient (Wildman–Crippen LogP) is 3.41. The summed E-state index contributed by atoms with van der Waals surface area (Å²) in [5, 5.41) is 20.8. The first-order valence-corrected chi connectivity index (χ1v) is 7.54. The van der Waals surface area contributed by atoms with E-state index in [0.29, 0.717) is 27.7 Å². The van der Waals surface area contributed by atoms with Crippen molar-refractivity contribution in [3.05, 3.63) is 49.5 Å². The van der Waals surface area contributed by atoms with Crippen molar-refractivity contribution in [2.75, 3.05) is 6.61 Å². The monoisotopic (exact) mass is 334 g/mol. The molecule has 0 amide bonds. The standard InChI is InChI=1S/C15H14N2O5S/c1-3-22-15(19)14-9(2)16-13(23-14)7-5-10-4-6-11(17(20)21)12(18)8-10/h4-8,18H,3H2,1-2H3. The fourth-order valence-corrected chi connectivity index (χ4v) is 2.70. The van der Waals surface area contributed by atoms with E-state index in [2.05, 4.69) is 4.98 Å². The van der Waals surface area contributed by atoms with E-state index in [1.165, 1.54) is 29.5 Å². The third-order valence-electron chi connectivity index (χ3n) is 2.89. The summed E-state index contributed by atoms with van der Waals surface area (Å²) in [6.07, 6.45) is 3.32. The topological polar surface area (TPSA) is 103 Å². The molecule has 120 valence electrons. The lowest BCUT2D eigenvalue weighted by Crippen LogP contribution is -2.03. The van der Waals surface area contributed by atoms with Crippen molar-refractivity contribution in [1.29, 1.82) is 0 Å². The number of aryl methyl sites for hydroxylation is 1. The number of nitro groups is 1. The normalized spacial score (nSPS) is 10.9. The average molecular weight is 334 g/mol. The molecule has 0 spiro atoms. The number of hydrogen-bond donors (Lipinski definition) is 1. The number of aromatic hydroxyl groups is 1. The van der Waals surface area contributed by atoms with Crippen molar-refractivity contribution >= 4 is 35.1 Å². The Balaban J connectivity index is 2.21. The molecule has 2 aromatic rings. The summed E-state index contributed by atoms with van der Waals surface area (Å²) in [6.45, 7) is 3.75. The quantitative estimate of drug-likeness (QED) is 0.510. The summed E-state index contributed by atoms with van der Waals surface area (Å²) in [7, 11) is 0. The van der Waals surface area contributed by atoms with Crippen molar-refractivity contribution < 1.29 is 19.6 Å². The summed E-state index contributed by atoms with van der Waals surface area (Å²) in [4.78, 5) is 26.4. The molecule has 1 N–H and O–H groups in total. The van der Waals surface area contributed by atoms with Gasteiger partial charge in [-0.05, 0) is 37.6 Å². The van der Waals surface area contributed by atoms with Crippen LogP contribution in [-0.4, -0.2) is 27.6 Å². The van der Waals surface area contributed by atoms with Gasteiger partial charge in [0.1, 0.15) is 9.88 Å². The molecule has 1 aromatic carbocycles. The molecular weight excluding hydrogens is 320 g/mol. The SMILES string of the molecule is CCOC(=O)c1sc(C=Cc2ccc([N+](=O)[O-])c(O)c2)nc1C. The zero-order chi connectivity index (χ0) is 17.0. The molecule has 0 aliphatic carbocycles. The minimum atomic E-state index is -0.654. The fraction of sp³-hybridized carbons (Fsp3) is 0.200. The minimum Gasteiger partial charge on any atom is -0.502 e. The summed E-state index contributed by atoms with van der Waals surface area (Å²) in [6, 6.07) is 4.04. The van der Waals surface area contributed by atoms with Crippen molar-refractivity contribution in [3.63, 3.8) is 0 Å². The first-order chi connectivity index (χ1) is 10.9. The maximum absolute atomic E-state index is 11.7. The Bertz CT molecular complexity index is 782. The average Bonchev–Trinajstić information content (AvgIpc) is 2.86. The van der Waals surface area contributed by atoms with E-state index >= 15 is 0 Å². The van der Waals surface area contributed by atoms with Crippen LogP contribution in [0.1, 0.15) is 32.9 Å². The lowest BCUT2D eigenvalue weighted by Gasteiger charge is -1.97. The van der Waals surface area contributed by atoms with Crippen LogP contribution in [0.25, 0.3) is 12.2 Å². The molecule has 1 aromatic heterocycles. The van der Waals surface area contributed by atoms with Crippen LogP contribution < -0.4 is 0 Å². The number of aromatic nitrogens is 1. The number of thiazole rings is 1. The number of carbonyl (C=O) groups excluding carboxylic acids is 1. The molecule has 0 aliphatic heterocycles. The molecule has 0 saturated carbocycles. The summed E-state index contributed by atoms with van der Waals surface area (Å²) in [5.41, 5.74) is 0.815. The van der Waals surface area contributed by atoms with Crippen LogP contribution in [0, 0.1) is 17.0 Å². The smallest absolute Gasteiger partial charge is 0.350 e. The van der Waals surface area contributed by atoms with E-state index in [9.17, 15) is 20.0 Å². The third-order valence-corrected chi connectivity index (χ3v) is 3.99. The van der Waals surface area contributed by atoms with Crippen LogP contribution in [0.2, 0.25) is 0 Å². The van der Waals surface area contributed by atoms with E-state index in [4.69, 9.17) is 4.74 Å². The second kappa shape index (κ2) is 7.01. The highest BCUT2D eigenvalue weighted by Gasteiger charge is 2.15. The van der Waals surface area contributed by atoms with Crippen LogP contribution in [0.3, 0.4) is 0 Å². The number of nitro benzene ring substituents is 1. The first-order valence-electron chi connectivity index (χ1n) is 6.72. The summed E-state index contributed by atoms with van der Waals surface area (Å²) < 4.78 is 4.95. The second-order valence-electron chi connectivity index (χ2n) is 4.53. The lowest BCUT2D eigenvalue weighted by molar-refractivity contribution is -0.385. The number of rotatable bonds is 5. The highest BCUT2D eigenvalue weighted by molar-refractivity contribution is 7.14. The Morgan fingerprint density at radius 2 is 2.22 bits per heavy atom. The van der Waals surface area contributed by atoms with Crippen LogP contribution in [0.5, 0.6) is 5.75 Å². The van der Waals surface area contributed by atoms with Gasteiger partial charge in [-0.1, -0.05) is 6.08 Å². The highest BCUT2D eigenvalue weighted by Crippen LogP contribution is 2.27. The van der Waals surface area contributed by atoms with Gasteiger partial charge in [0.05, 0.1) is 17.2 Å². The largest absolute Gasteiger partial charge is 0.502 e. The van der Waals surface area contributed by atoms with Gasteiger partial charge in [-0.15, -0.1) is 11.3 Å². The molecule has 0 fully saturated rings. The minimum absolute atomic E-state index is 0.295. The van der Waals surface area contributed by atoms with E-state index in [-0.39, 0.29) is 5.69 Å². The lowest BCUT2D eigenvalue weighted by atomic mass is 10.2. The molecule has 0 saturated heterocycles. The second-order valence-corrected chi connectivity index (χ2v) is 5.56. The Hall–Kier alpha value is -2.74. The fourth-order valence-electron chi connectivity index (χ4n) is 1.84. The number of phenols is 1. The van der Waals surface area contributed by atoms with Crippen molar-refractivity contribution in [3.8, 4) is 5.75 Å². The molecule has 0 atom stereocenters. The maximum atomic E-state index is 11.7. The Morgan fingerprint density at radius 1 is 1.48 bits per heavy atom. The van der Waals surface area contributed by atoms with E-state index in [1.54, 1.807) is 26.0 Å². The molecule has 7 nitrogen and oxygen atoms in total. The molecule has 23 heavy (non-hydrogen) atoms. The first kappa shape index (κ1) is 16.6. The molecular formula is C15H14N2O5S. The summed E-state index contributed by atoms with van der Waals surface area (Å²) >= 11 is 1.20. The number of benzene rings is 1. The van der Waals surface area contributed by atoms with Crippen LogP contribution in [-0.2, 0) is 4.74 Å². The van der Waals surface area contributed by atoms with Gasteiger partial charge in [0.15, 0.2) is 5.75 Å². The van der Waals surface area contributed by atoms with Gasteiger partial charge in [0.25, 0.3) is 0 Å². The number of nitrogens with zero attached hydrogens (tertiary/aromatic N) is 2. The number of carbonyl (C=O) groups is 1. The summed E-state index contributed by atoms with van der Waals surface area (Å²) in [5.74, 6) is -0.810. The van der Waals surface area contributed by atoms with Gasteiger partial charge in [0, 0.05) is 6.07 Å². The molecule has 1 heterocycles. The number of hydrogen-bond acceptors (Lipinski definition) is 7. The van der Waals surface area contributed by atoms with Crippen LogP contribution in [0.4, 0.5) is 5.69 Å². The van der Waals surface area contributed by atoms with E-state index in [1.807, 2.05) is 0 Å². The Kier molecular flexibility index (Phi) is 5.07. The van der Waals surface area contributed by atoms with Crippen LogP contribution in [0.15, 0.2) is 18.2 Å². The van der Waals surface area contributed by atoms with Gasteiger partial charge < -0.3 is 9.84 Å². The number of ether oxygens (including phenoxy) is 1. The van der Waals surface area contributed by atoms with Gasteiger partial charge in [0.2, 0.25) is 0 Å². The molecule has 8 heteroatoms. The molecule has 0 radical (unpaired) electrons. The molecule has 0 unspecified atom stereocenters. The van der Waals surface area contributed by atoms with Crippen molar-refractivity contribution in [2.45, 2.75) is 13.8 Å². The highest BCUT2D eigenvalue weighted by atomic mass is 32.1.